The van der Waals surface area contributed by atoms with Gasteiger partial charge in [-0.1, -0.05) is 23.7 Å². The number of benzene rings is 2. The molecule has 0 heterocycles. The number of rotatable bonds is 1. The van der Waals surface area contributed by atoms with Crippen LogP contribution < -0.4 is 0 Å². The van der Waals surface area contributed by atoms with E-state index in [2.05, 4.69) is 0 Å². The van der Waals surface area contributed by atoms with Gasteiger partial charge < -0.3 is 0 Å². The lowest BCUT2D eigenvalue weighted by atomic mass is 9.99. The van der Waals surface area contributed by atoms with Gasteiger partial charge in [-0.05, 0) is 41.5 Å². The Labute approximate surface area is 121 Å². The average molecular weight is 325 g/mol. The van der Waals surface area contributed by atoms with Crippen LogP contribution in [0.2, 0.25) is 5.02 Å². The van der Waals surface area contributed by atoms with Crippen LogP contribution in [0.5, 0.6) is 0 Å². The van der Waals surface area contributed by atoms with Crippen LogP contribution in [0.15, 0.2) is 42.5 Å². The minimum absolute atomic E-state index is 0.0913. The molecule has 0 aromatic heterocycles. The van der Waals surface area contributed by atoms with Crippen molar-refractivity contribution in [3.63, 3.8) is 0 Å². The lowest BCUT2D eigenvalue weighted by Crippen LogP contribution is -2.11. The highest BCUT2D eigenvalue weighted by atomic mass is 35.5. The van der Waals surface area contributed by atoms with Crippen LogP contribution in [0.25, 0.3) is 11.1 Å². The molecule has 0 unspecified atom stereocenters. The molecule has 112 valence electrons. The van der Waals surface area contributed by atoms with Crippen LogP contribution in [0.1, 0.15) is 11.1 Å². The Kier molecular flexibility index (Phi) is 3.93. The van der Waals surface area contributed by atoms with Crippen molar-refractivity contribution in [3.8, 4) is 11.1 Å². The second-order valence-electron chi connectivity index (χ2n) is 4.30. The summed E-state index contributed by atoms with van der Waals surface area (Å²) >= 11 is 5.71. The highest BCUT2D eigenvalue weighted by molar-refractivity contribution is 6.30. The lowest BCUT2D eigenvalue weighted by molar-refractivity contribution is -0.143. The van der Waals surface area contributed by atoms with E-state index in [-0.39, 0.29) is 22.2 Å². The van der Waals surface area contributed by atoms with Gasteiger partial charge in [0.15, 0.2) is 0 Å². The summed E-state index contributed by atoms with van der Waals surface area (Å²) < 4.78 is 76.4. The van der Waals surface area contributed by atoms with Crippen LogP contribution in [0.4, 0.5) is 26.3 Å². The summed E-state index contributed by atoms with van der Waals surface area (Å²) in [5, 5.41) is 0.221. The summed E-state index contributed by atoms with van der Waals surface area (Å²) in [7, 11) is 0. The average Bonchev–Trinajstić information content (AvgIpc) is 2.36. The van der Waals surface area contributed by atoms with Gasteiger partial charge in [0.25, 0.3) is 0 Å². The number of hydrogen-bond acceptors (Lipinski definition) is 0. The molecule has 21 heavy (non-hydrogen) atoms. The first kappa shape index (κ1) is 15.7. The molecule has 0 N–H and O–H groups in total. The molecule has 0 bridgehead atoms. The van der Waals surface area contributed by atoms with Crippen LogP contribution in [-0.4, -0.2) is 0 Å². The second kappa shape index (κ2) is 5.26. The molecular weight excluding hydrogens is 318 g/mol. The predicted octanol–water partition coefficient (Wildman–Crippen LogP) is 6.04. The van der Waals surface area contributed by atoms with Crippen LogP contribution >= 0.6 is 11.6 Å². The molecule has 0 aliphatic carbocycles. The van der Waals surface area contributed by atoms with Crippen molar-refractivity contribution in [1.29, 1.82) is 0 Å². The molecule has 0 aliphatic heterocycles. The van der Waals surface area contributed by atoms with Crippen LogP contribution in [0, 0.1) is 0 Å². The number of halogens is 7. The first-order valence-corrected chi connectivity index (χ1v) is 6.00. The van der Waals surface area contributed by atoms with Crippen molar-refractivity contribution in [2.75, 3.05) is 0 Å². The quantitative estimate of drug-likeness (QED) is 0.561. The minimum atomic E-state index is -4.87. The molecular formula is C14H7ClF6. The van der Waals surface area contributed by atoms with E-state index in [1.54, 1.807) is 0 Å². The van der Waals surface area contributed by atoms with Crippen molar-refractivity contribution in [2.24, 2.45) is 0 Å². The Morgan fingerprint density at radius 2 is 1.19 bits per heavy atom. The third-order valence-corrected chi connectivity index (χ3v) is 2.98. The molecule has 0 radical (unpaired) electrons. The maximum absolute atomic E-state index is 12.7. The van der Waals surface area contributed by atoms with Crippen LogP contribution in [-0.2, 0) is 12.4 Å². The Balaban J connectivity index is 2.66. The monoisotopic (exact) mass is 324 g/mol. The SMILES string of the molecule is FC(F)(F)c1cc(-c2cccc(Cl)c2)cc(C(F)(F)F)c1. The van der Waals surface area contributed by atoms with E-state index in [9.17, 15) is 26.3 Å². The fraction of sp³-hybridized carbons (Fsp3) is 0.143. The number of alkyl halides is 6. The van der Waals surface area contributed by atoms with E-state index in [0.29, 0.717) is 12.1 Å². The van der Waals surface area contributed by atoms with Crippen molar-refractivity contribution in [1.82, 2.24) is 0 Å². The third-order valence-electron chi connectivity index (χ3n) is 2.75. The van der Waals surface area contributed by atoms with Crippen molar-refractivity contribution < 1.29 is 26.3 Å². The zero-order valence-electron chi connectivity index (χ0n) is 10.2. The van der Waals surface area contributed by atoms with E-state index in [1.165, 1.54) is 24.3 Å². The van der Waals surface area contributed by atoms with Gasteiger partial charge >= 0.3 is 12.4 Å². The predicted molar refractivity (Wildman–Crippen MR) is 66.9 cm³/mol. The Morgan fingerprint density at radius 1 is 0.667 bits per heavy atom. The van der Waals surface area contributed by atoms with E-state index in [0.717, 1.165) is 0 Å². The molecule has 0 saturated carbocycles. The molecule has 2 aromatic carbocycles. The van der Waals surface area contributed by atoms with E-state index >= 15 is 0 Å². The van der Waals surface area contributed by atoms with Gasteiger partial charge in [-0.3, -0.25) is 0 Å². The first-order valence-electron chi connectivity index (χ1n) is 5.63. The van der Waals surface area contributed by atoms with Gasteiger partial charge in [-0.2, -0.15) is 26.3 Å². The van der Waals surface area contributed by atoms with Crippen molar-refractivity contribution >= 4 is 11.6 Å². The maximum atomic E-state index is 12.7. The largest absolute Gasteiger partial charge is 0.416 e. The minimum Gasteiger partial charge on any atom is -0.166 e. The van der Waals surface area contributed by atoms with E-state index in [4.69, 9.17) is 11.6 Å². The molecule has 0 nitrogen and oxygen atoms in total. The normalized spacial score (nSPS) is 12.5. The molecule has 2 aromatic rings. The fourth-order valence-electron chi connectivity index (χ4n) is 1.79. The lowest BCUT2D eigenvalue weighted by Gasteiger charge is -2.14. The fourth-order valence-corrected chi connectivity index (χ4v) is 1.98. The van der Waals surface area contributed by atoms with E-state index in [1.807, 2.05) is 0 Å². The van der Waals surface area contributed by atoms with Gasteiger partial charge in [0.05, 0.1) is 11.1 Å². The van der Waals surface area contributed by atoms with Gasteiger partial charge in [-0.15, -0.1) is 0 Å². The summed E-state index contributed by atoms with van der Waals surface area (Å²) in [6.45, 7) is 0. The molecule has 0 aliphatic rings. The Hall–Kier alpha value is -1.69. The molecule has 0 amide bonds. The summed E-state index contributed by atoms with van der Waals surface area (Å²) in [4.78, 5) is 0. The summed E-state index contributed by atoms with van der Waals surface area (Å²) in [6.07, 6.45) is -9.73. The standard InChI is InChI=1S/C14H7ClF6/c15-12-3-1-2-8(6-12)9-4-10(13(16,17)18)7-11(5-9)14(19,20)21/h1-7H. The highest BCUT2D eigenvalue weighted by Crippen LogP contribution is 2.38. The summed E-state index contributed by atoms with van der Waals surface area (Å²) in [5.41, 5.74) is -2.72. The molecule has 7 heteroatoms. The van der Waals surface area contributed by atoms with Gasteiger partial charge in [0.1, 0.15) is 0 Å². The second-order valence-corrected chi connectivity index (χ2v) is 4.74. The molecule has 0 fully saturated rings. The molecule has 0 atom stereocenters. The number of hydrogen-bond donors (Lipinski definition) is 0. The summed E-state index contributed by atoms with van der Waals surface area (Å²) in [5.74, 6) is 0. The van der Waals surface area contributed by atoms with Crippen molar-refractivity contribution in [2.45, 2.75) is 12.4 Å². The van der Waals surface area contributed by atoms with Gasteiger partial charge in [0.2, 0.25) is 0 Å². The molecule has 2 rings (SSSR count). The third kappa shape index (κ3) is 3.69. The van der Waals surface area contributed by atoms with Gasteiger partial charge in [-0.25, -0.2) is 0 Å². The van der Waals surface area contributed by atoms with E-state index < -0.39 is 23.5 Å². The molecule has 0 spiro atoms. The van der Waals surface area contributed by atoms with Crippen molar-refractivity contribution in [3.05, 3.63) is 58.6 Å². The Bertz CT molecular complexity index is 625. The smallest absolute Gasteiger partial charge is 0.166 e. The van der Waals surface area contributed by atoms with Gasteiger partial charge in [0, 0.05) is 5.02 Å². The zero-order valence-corrected chi connectivity index (χ0v) is 10.9. The summed E-state index contributed by atoms with van der Waals surface area (Å²) in [6, 6.07) is 7.04. The topological polar surface area (TPSA) is 0 Å². The highest BCUT2D eigenvalue weighted by Gasteiger charge is 2.36. The zero-order chi connectivity index (χ0) is 15.8. The molecule has 0 saturated heterocycles. The Morgan fingerprint density at radius 3 is 1.62 bits per heavy atom. The van der Waals surface area contributed by atoms with Crippen LogP contribution in [0.3, 0.4) is 0 Å². The maximum Gasteiger partial charge on any atom is 0.416 e. The first-order chi connectivity index (χ1) is 9.57.